The molecule has 0 atom stereocenters. The number of likely N-dealkylation sites (tertiary alicyclic amines) is 1. The van der Waals surface area contributed by atoms with Crippen molar-refractivity contribution in [1.29, 1.82) is 0 Å². The minimum atomic E-state index is 0.0102. The smallest absolute Gasteiger partial charge is 0.317 e. The molecule has 0 aliphatic carbocycles. The number of hydrogen-bond acceptors (Lipinski definition) is 4. The molecule has 2 amide bonds. The van der Waals surface area contributed by atoms with Crippen LogP contribution in [0.25, 0.3) is 0 Å². The number of aromatic nitrogens is 3. The fourth-order valence-corrected chi connectivity index (χ4v) is 2.86. The van der Waals surface area contributed by atoms with Gasteiger partial charge in [-0.15, -0.1) is 10.2 Å². The van der Waals surface area contributed by atoms with Gasteiger partial charge >= 0.3 is 6.03 Å². The Bertz CT molecular complexity index is 428. The zero-order valence-electron chi connectivity index (χ0n) is 11.6. The Balaban J connectivity index is 1.91. The molecule has 0 bridgehead atoms. The van der Waals surface area contributed by atoms with Gasteiger partial charge in [0.2, 0.25) is 0 Å². The first kappa shape index (κ1) is 14.2. The van der Waals surface area contributed by atoms with Gasteiger partial charge in [0.25, 0.3) is 0 Å². The molecule has 2 heterocycles. The maximum atomic E-state index is 12.0. The van der Waals surface area contributed by atoms with Gasteiger partial charge in [0.05, 0.1) is 6.54 Å². The van der Waals surface area contributed by atoms with Crippen LogP contribution in [-0.2, 0) is 13.1 Å². The second kappa shape index (κ2) is 6.79. The fourth-order valence-electron chi connectivity index (χ4n) is 2.28. The quantitative estimate of drug-likeness (QED) is 0.855. The van der Waals surface area contributed by atoms with Crippen molar-refractivity contribution in [3.8, 4) is 0 Å². The summed E-state index contributed by atoms with van der Waals surface area (Å²) in [6.45, 7) is 5.04. The van der Waals surface area contributed by atoms with E-state index >= 15 is 0 Å². The van der Waals surface area contributed by atoms with Crippen molar-refractivity contribution in [2.45, 2.75) is 44.4 Å². The van der Waals surface area contributed by atoms with Crippen LogP contribution in [0.5, 0.6) is 0 Å². The van der Waals surface area contributed by atoms with Crippen molar-refractivity contribution in [3.05, 3.63) is 5.82 Å². The SMILES string of the molecule is CCn1c(CNC(=O)N2CCCCC2)nnc1SC. The molecule has 0 unspecified atom stereocenters. The number of nitrogens with zero attached hydrogens (tertiary/aromatic N) is 4. The number of nitrogens with one attached hydrogen (secondary N) is 1. The second-order valence-electron chi connectivity index (χ2n) is 4.55. The highest BCUT2D eigenvalue weighted by Gasteiger charge is 2.17. The summed E-state index contributed by atoms with van der Waals surface area (Å²) in [6, 6.07) is 0.0102. The van der Waals surface area contributed by atoms with E-state index in [0.29, 0.717) is 6.54 Å². The normalized spacial score (nSPS) is 15.6. The number of urea groups is 1. The van der Waals surface area contributed by atoms with E-state index in [-0.39, 0.29) is 6.03 Å². The molecule has 1 saturated heterocycles. The fraction of sp³-hybridized carbons (Fsp3) is 0.750. The van der Waals surface area contributed by atoms with Crippen molar-refractivity contribution >= 4 is 17.8 Å². The minimum absolute atomic E-state index is 0.0102. The predicted molar refractivity (Wildman–Crippen MR) is 75.1 cm³/mol. The van der Waals surface area contributed by atoms with Crippen molar-refractivity contribution < 1.29 is 4.79 Å². The van der Waals surface area contributed by atoms with Crippen molar-refractivity contribution in [1.82, 2.24) is 25.0 Å². The Morgan fingerprint density at radius 2 is 2.05 bits per heavy atom. The van der Waals surface area contributed by atoms with Gasteiger partial charge in [-0.25, -0.2) is 4.79 Å². The largest absolute Gasteiger partial charge is 0.331 e. The van der Waals surface area contributed by atoms with Gasteiger partial charge in [0.1, 0.15) is 0 Å². The molecule has 1 N–H and O–H groups in total. The zero-order valence-corrected chi connectivity index (χ0v) is 12.4. The molecule has 1 aromatic rings. The van der Waals surface area contributed by atoms with Crippen molar-refractivity contribution in [2.75, 3.05) is 19.3 Å². The van der Waals surface area contributed by atoms with E-state index in [1.54, 1.807) is 11.8 Å². The average Bonchev–Trinajstić information content (AvgIpc) is 2.87. The van der Waals surface area contributed by atoms with Gasteiger partial charge < -0.3 is 14.8 Å². The van der Waals surface area contributed by atoms with Crippen LogP contribution in [0.4, 0.5) is 4.79 Å². The first-order valence-electron chi connectivity index (χ1n) is 6.75. The number of piperidine rings is 1. The van der Waals surface area contributed by atoms with E-state index in [1.165, 1.54) is 6.42 Å². The van der Waals surface area contributed by atoms with Gasteiger partial charge in [0, 0.05) is 19.6 Å². The minimum Gasteiger partial charge on any atom is -0.331 e. The van der Waals surface area contributed by atoms with E-state index in [2.05, 4.69) is 22.4 Å². The number of carbonyl (C=O) groups excluding carboxylic acids is 1. The van der Waals surface area contributed by atoms with Crippen molar-refractivity contribution in [2.24, 2.45) is 0 Å². The van der Waals surface area contributed by atoms with Crippen LogP contribution in [0.15, 0.2) is 5.16 Å². The van der Waals surface area contributed by atoms with Crippen LogP contribution < -0.4 is 5.32 Å². The Morgan fingerprint density at radius 3 is 2.68 bits per heavy atom. The molecule has 1 aliphatic heterocycles. The highest BCUT2D eigenvalue weighted by Crippen LogP contribution is 2.13. The molecule has 1 fully saturated rings. The topological polar surface area (TPSA) is 63.1 Å². The summed E-state index contributed by atoms with van der Waals surface area (Å²) >= 11 is 1.57. The lowest BCUT2D eigenvalue weighted by Gasteiger charge is -2.26. The lowest BCUT2D eigenvalue weighted by molar-refractivity contribution is 0.185. The van der Waals surface area contributed by atoms with Crippen LogP contribution >= 0.6 is 11.8 Å². The third-order valence-corrected chi connectivity index (χ3v) is 4.00. The number of rotatable bonds is 4. The molecular formula is C12H21N5OS. The van der Waals surface area contributed by atoms with Crippen LogP contribution in [0.2, 0.25) is 0 Å². The van der Waals surface area contributed by atoms with E-state index in [0.717, 1.165) is 43.5 Å². The number of hydrogen-bond donors (Lipinski definition) is 1. The third-order valence-electron chi connectivity index (χ3n) is 3.33. The van der Waals surface area contributed by atoms with Crippen LogP contribution in [0.3, 0.4) is 0 Å². The van der Waals surface area contributed by atoms with Crippen LogP contribution in [0, 0.1) is 0 Å². The monoisotopic (exact) mass is 283 g/mol. The molecular weight excluding hydrogens is 262 g/mol. The number of carbonyl (C=O) groups is 1. The molecule has 19 heavy (non-hydrogen) atoms. The molecule has 0 saturated carbocycles. The van der Waals surface area contributed by atoms with E-state index in [1.807, 2.05) is 15.7 Å². The molecule has 0 spiro atoms. The summed E-state index contributed by atoms with van der Waals surface area (Å²) in [5.74, 6) is 0.817. The lowest BCUT2D eigenvalue weighted by atomic mass is 10.1. The Labute approximate surface area is 117 Å². The molecule has 106 valence electrons. The molecule has 0 aromatic carbocycles. The standard InChI is InChI=1S/C12H21N5OS/c1-3-17-10(14-15-12(17)19-2)9-13-11(18)16-7-5-4-6-8-16/h3-9H2,1-2H3,(H,13,18). The van der Waals surface area contributed by atoms with E-state index in [4.69, 9.17) is 0 Å². The molecule has 0 radical (unpaired) electrons. The highest BCUT2D eigenvalue weighted by atomic mass is 32.2. The summed E-state index contributed by atoms with van der Waals surface area (Å²) in [4.78, 5) is 13.9. The van der Waals surface area contributed by atoms with Gasteiger partial charge in [-0.05, 0) is 32.4 Å². The van der Waals surface area contributed by atoms with Gasteiger partial charge in [0.15, 0.2) is 11.0 Å². The lowest BCUT2D eigenvalue weighted by Crippen LogP contribution is -2.42. The maximum Gasteiger partial charge on any atom is 0.317 e. The summed E-state index contributed by atoms with van der Waals surface area (Å²) in [7, 11) is 0. The van der Waals surface area contributed by atoms with Gasteiger partial charge in [-0.2, -0.15) is 0 Å². The Kier molecular flexibility index (Phi) is 5.07. The van der Waals surface area contributed by atoms with E-state index in [9.17, 15) is 4.79 Å². The molecule has 1 aliphatic rings. The second-order valence-corrected chi connectivity index (χ2v) is 5.33. The highest BCUT2D eigenvalue weighted by molar-refractivity contribution is 7.98. The Hall–Kier alpha value is -1.24. The summed E-state index contributed by atoms with van der Waals surface area (Å²) < 4.78 is 2.03. The van der Waals surface area contributed by atoms with Gasteiger partial charge in [-0.3, -0.25) is 0 Å². The summed E-state index contributed by atoms with van der Waals surface area (Å²) in [6.07, 6.45) is 5.42. The van der Waals surface area contributed by atoms with Crippen molar-refractivity contribution in [3.63, 3.8) is 0 Å². The third kappa shape index (κ3) is 3.40. The predicted octanol–water partition coefficient (Wildman–Crippen LogP) is 1.72. The summed E-state index contributed by atoms with van der Waals surface area (Å²) in [5.41, 5.74) is 0. The summed E-state index contributed by atoms with van der Waals surface area (Å²) in [5, 5.41) is 12.1. The molecule has 1 aromatic heterocycles. The van der Waals surface area contributed by atoms with Crippen LogP contribution in [0.1, 0.15) is 32.0 Å². The number of amides is 2. The number of thioether (sulfide) groups is 1. The molecule has 6 nitrogen and oxygen atoms in total. The van der Waals surface area contributed by atoms with E-state index < -0.39 is 0 Å². The van der Waals surface area contributed by atoms with Crippen LogP contribution in [-0.4, -0.2) is 45.0 Å². The first-order valence-corrected chi connectivity index (χ1v) is 7.97. The average molecular weight is 283 g/mol. The van der Waals surface area contributed by atoms with Gasteiger partial charge in [-0.1, -0.05) is 11.8 Å². The zero-order chi connectivity index (χ0) is 13.7. The molecule has 7 heteroatoms. The molecule has 2 rings (SSSR count). The first-order chi connectivity index (χ1) is 9.26. The Morgan fingerprint density at radius 1 is 1.32 bits per heavy atom. The maximum absolute atomic E-state index is 12.0.